The molecule has 2 rings (SSSR count). The van der Waals surface area contributed by atoms with E-state index in [1.54, 1.807) is 0 Å². The van der Waals surface area contributed by atoms with Crippen molar-refractivity contribution in [2.75, 3.05) is 13.1 Å². The number of nitrogens with one attached hydrogen (secondary N) is 1. The van der Waals surface area contributed by atoms with Crippen molar-refractivity contribution in [2.24, 2.45) is 16.8 Å². The number of likely N-dealkylation sites (tertiary alicyclic amines) is 1. The van der Waals surface area contributed by atoms with Crippen LogP contribution in [0.2, 0.25) is 0 Å². The molecular weight excluding hydrogens is 176 g/mol. The number of hydrogen-bond acceptors (Lipinski definition) is 2. The monoisotopic (exact) mass is 196 g/mol. The number of nitrogens with zero attached hydrogens (tertiary/aromatic N) is 2. The molecule has 14 heavy (non-hydrogen) atoms. The van der Waals surface area contributed by atoms with Crippen LogP contribution in [0.3, 0.4) is 0 Å². The van der Waals surface area contributed by atoms with Crippen molar-refractivity contribution in [3.63, 3.8) is 0 Å². The number of fused-ring (bicyclic) bond motifs is 1. The number of guanidine groups is 1. The summed E-state index contributed by atoms with van der Waals surface area (Å²) in [7, 11) is 0. The first kappa shape index (κ1) is 9.77. The van der Waals surface area contributed by atoms with E-state index in [-0.39, 0.29) is 0 Å². The van der Waals surface area contributed by atoms with E-state index >= 15 is 0 Å². The van der Waals surface area contributed by atoms with E-state index in [0.717, 1.165) is 25.0 Å². The summed E-state index contributed by atoms with van der Waals surface area (Å²) in [6.45, 7) is 3.96. The Morgan fingerprint density at radius 2 is 2.36 bits per heavy atom. The van der Waals surface area contributed by atoms with E-state index < -0.39 is 0 Å². The molecule has 0 aromatic heterocycles. The number of aliphatic imine (C=N–C) groups is 1. The van der Waals surface area contributed by atoms with Crippen LogP contribution in [-0.4, -0.2) is 30.0 Å². The molecule has 4 heteroatoms. The fourth-order valence-corrected chi connectivity index (χ4v) is 2.87. The van der Waals surface area contributed by atoms with E-state index in [9.17, 15) is 0 Å². The van der Waals surface area contributed by atoms with Gasteiger partial charge in [-0.15, -0.1) is 0 Å². The first-order valence-electron chi connectivity index (χ1n) is 5.64. The van der Waals surface area contributed by atoms with Crippen molar-refractivity contribution in [3.8, 4) is 0 Å². The van der Waals surface area contributed by atoms with Gasteiger partial charge in [-0.3, -0.25) is 10.4 Å². The van der Waals surface area contributed by atoms with Gasteiger partial charge in [-0.05, 0) is 32.1 Å². The van der Waals surface area contributed by atoms with E-state index in [2.05, 4.69) is 15.3 Å². The zero-order chi connectivity index (χ0) is 9.97. The molecule has 0 aromatic rings. The average Bonchev–Trinajstić information content (AvgIpc) is 2.75. The van der Waals surface area contributed by atoms with Gasteiger partial charge in [-0.2, -0.15) is 0 Å². The minimum absolute atomic E-state index is 0.705. The molecule has 2 aliphatic rings. The van der Waals surface area contributed by atoms with Crippen LogP contribution in [0.25, 0.3) is 0 Å². The van der Waals surface area contributed by atoms with Crippen molar-refractivity contribution >= 4 is 5.96 Å². The Balaban J connectivity index is 2.06. The number of hydrogen-bond donors (Lipinski definition) is 2. The predicted molar refractivity (Wildman–Crippen MR) is 57.8 cm³/mol. The molecule has 0 amide bonds. The molecule has 1 aliphatic heterocycles. The standard InChI is InChI=1S/C10H20N4/c1-2-12-10(13-11)14-7-6-8-4-3-5-9(8)14/h8-9H,2-7,11H2,1H3,(H,12,13). The molecule has 2 fully saturated rings. The summed E-state index contributed by atoms with van der Waals surface area (Å²) in [5.41, 5.74) is 2.73. The predicted octanol–water partition coefficient (Wildman–Crippen LogP) is 0.700. The average molecular weight is 196 g/mol. The quantitative estimate of drug-likeness (QED) is 0.281. The summed E-state index contributed by atoms with van der Waals surface area (Å²) in [5, 5.41) is 0. The topological polar surface area (TPSA) is 53.6 Å². The zero-order valence-corrected chi connectivity index (χ0v) is 8.87. The van der Waals surface area contributed by atoms with E-state index in [1.807, 2.05) is 6.92 Å². The number of nitrogens with two attached hydrogens (primary N) is 1. The fraction of sp³-hybridized carbons (Fsp3) is 0.900. The van der Waals surface area contributed by atoms with Crippen LogP contribution in [-0.2, 0) is 0 Å². The largest absolute Gasteiger partial charge is 0.339 e. The second-order valence-electron chi connectivity index (χ2n) is 4.18. The molecule has 0 radical (unpaired) electrons. The highest BCUT2D eigenvalue weighted by Gasteiger charge is 2.38. The third kappa shape index (κ3) is 1.59. The summed E-state index contributed by atoms with van der Waals surface area (Å²) in [6.07, 6.45) is 5.39. The first-order valence-corrected chi connectivity index (χ1v) is 5.64. The summed E-state index contributed by atoms with van der Waals surface area (Å²) in [5.74, 6) is 7.28. The smallest absolute Gasteiger partial charge is 0.208 e. The Morgan fingerprint density at radius 3 is 3.07 bits per heavy atom. The highest BCUT2D eigenvalue weighted by molar-refractivity contribution is 5.80. The van der Waals surface area contributed by atoms with Crippen LogP contribution in [0.4, 0.5) is 0 Å². The van der Waals surface area contributed by atoms with Crippen LogP contribution >= 0.6 is 0 Å². The second kappa shape index (κ2) is 4.17. The Labute approximate surface area is 85.5 Å². The van der Waals surface area contributed by atoms with Crippen LogP contribution < -0.4 is 11.3 Å². The van der Waals surface area contributed by atoms with Crippen molar-refractivity contribution < 1.29 is 0 Å². The third-order valence-corrected chi connectivity index (χ3v) is 3.47. The van der Waals surface area contributed by atoms with E-state index in [1.165, 1.54) is 25.7 Å². The molecule has 2 unspecified atom stereocenters. The highest BCUT2D eigenvalue weighted by Crippen LogP contribution is 2.37. The van der Waals surface area contributed by atoms with Gasteiger partial charge in [0.15, 0.2) is 0 Å². The Bertz CT molecular complexity index is 226. The van der Waals surface area contributed by atoms with Crippen LogP contribution in [0.5, 0.6) is 0 Å². The lowest BCUT2D eigenvalue weighted by atomic mass is 10.1. The molecule has 80 valence electrons. The number of rotatable bonds is 1. The summed E-state index contributed by atoms with van der Waals surface area (Å²) in [6, 6.07) is 0.705. The van der Waals surface area contributed by atoms with Crippen LogP contribution in [0.15, 0.2) is 4.99 Å². The molecule has 2 atom stereocenters. The molecule has 0 aromatic carbocycles. The minimum Gasteiger partial charge on any atom is -0.339 e. The van der Waals surface area contributed by atoms with Gasteiger partial charge in [0.05, 0.1) is 0 Å². The zero-order valence-electron chi connectivity index (χ0n) is 8.87. The first-order chi connectivity index (χ1) is 6.86. The molecule has 1 aliphatic carbocycles. The van der Waals surface area contributed by atoms with Gasteiger partial charge in [0.1, 0.15) is 0 Å². The second-order valence-corrected chi connectivity index (χ2v) is 4.18. The highest BCUT2D eigenvalue weighted by atomic mass is 15.4. The van der Waals surface area contributed by atoms with Gasteiger partial charge in [0.25, 0.3) is 0 Å². The van der Waals surface area contributed by atoms with Gasteiger partial charge in [-0.1, -0.05) is 6.42 Å². The molecule has 3 N–H and O–H groups in total. The lowest BCUT2D eigenvalue weighted by Gasteiger charge is -2.26. The maximum Gasteiger partial charge on any atom is 0.208 e. The number of hydrazine groups is 1. The van der Waals surface area contributed by atoms with Crippen molar-refractivity contribution in [3.05, 3.63) is 0 Å². The maximum atomic E-state index is 5.50. The van der Waals surface area contributed by atoms with E-state index in [0.29, 0.717) is 6.04 Å². The lowest BCUT2D eigenvalue weighted by Crippen LogP contribution is -2.47. The van der Waals surface area contributed by atoms with Crippen LogP contribution in [0.1, 0.15) is 32.6 Å². The van der Waals surface area contributed by atoms with Gasteiger partial charge >= 0.3 is 0 Å². The third-order valence-electron chi connectivity index (χ3n) is 3.47. The molecule has 0 spiro atoms. The molecule has 4 nitrogen and oxygen atoms in total. The molecule has 1 saturated heterocycles. The SMILES string of the molecule is CCN=C(NN)N1CCC2CCCC21. The van der Waals surface area contributed by atoms with Gasteiger partial charge in [0, 0.05) is 19.1 Å². The van der Waals surface area contributed by atoms with E-state index in [4.69, 9.17) is 5.84 Å². The molecule has 1 heterocycles. The summed E-state index contributed by atoms with van der Waals surface area (Å²) in [4.78, 5) is 6.75. The fourth-order valence-electron chi connectivity index (χ4n) is 2.87. The summed E-state index contributed by atoms with van der Waals surface area (Å²) < 4.78 is 0. The van der Waals surface area contributed by atoms with Gasteiger partial charge in [-0.25, -0.2) is 5.84 Å². The summed E-state index contributed by atoms with van der Waals surface area (Å²) >= 11 is 0. The van der Waals surface area contributed by atoms with Crippen LogP contribution in [0, 0.1) is 5.92 Å². The van der Waals surface area contributed by atoms with Crippen molar-refractivity contribution in [2.45, 2.75) is 38.6 Å². The Morgan fingerprint density at radius 1 is 1.50 bits per heavy atom. The molecule has 1 saturated carbocycles. The minimum atomic E-state index is 0.705. The molecule has 0 bridgehead atoms. The van der Waals surface area contributed by atoms with Crippen molar-refractivity contribution in [1.29, 1.82) is 0 Å². The van der Waals surface area contributed by atoms with Gasteiger partial charge in [0.2, 0.25) is 5.96 Å². The Hall–Kier alpha value is -0.770. The normalized spacial score (nSPS) is 32.1. The molecular formula is C10H20N4. The Kier molecular flexibility index (Phi) is 2.91. The van der Waals surface area contributed by atoms with Crippen molar-refractivity contribution in [1.82, 2.24) is 10.3 Å². The maximum absolute atomic E-state index is 5.50. The lowest BCUT2D eigenvalue weighted by molar-refractivity contribution is 0.353. The van der Waals surface area contributed by atoms with Gasteiger partial charge < -0.3 is 4.90 Å².